The summed E-state index contributed by atoms with van der Waals surface area (Å²) >= 11 is 0. The van der Waals surface area contributed by atoms with Crippen LogP contribution in [0.15, 0.2) is 53.5 Å². The number of carbonyl (C=O) groups excluding carboxylic acids is 1. The largest absolute Gasteiger partial charge is 0.384 e. The Kier molecular flexibility index (Phi) is 5.22. The minimum atomic E-state index is -0.606. The van der Waals surface area contributed by atoms with E-state index >= 15 is 0 Å². The molecule has 4 N–H and O–H groups in total. The van der Waals surface area contributed by atoms with Gasteiger partial charge in [0.1, 0.15) is 11.9 Å². The Labute approximate surface area is 174 Å². The zero-order valence-electron chi connectivity index (χ0n) is 16.8. The van der Waals surface area contributed by atoms with Gasteiger partial charge in [0.05, 0.1) is 0 Å². The van der Waals surface area contributed by atoms with E-state index in [9.17, 15) is 9.59 Å². The van der Waals surface area contributed by atoms with E-state index < -0.39 is 11.9 Å². The number of nitrogen functional groups attached to an aromatic ring is 1. The molecule has 1 aliphatic heterocycles. The van der Waals surface area contributed by atoms with Crippen LogP contribution in [0.2, 0.25) is 0 Å². The van der Waals surface area contributed by atoms with Gasteiger partial charge < -0.3 is 16.4 Å². The summed E-state index contributed by atoms with van der Waals surface area (Å²) in [7, 11) is 0. The van der Waals surface area contributed by atoms with Crippen LogP contribution in [0.4, 0.5) is 11.6 Å². The van der Waals surface area contributed by atoms with Crippen molar-refractivity contribution in [1.82, 2.24) is 14.5 Å². The molecule has 4 rings (SSSR count). The fourth-order valence-corrected chi connectivity index (χ4v) is 3.76. The fourth-order valence-electron chi connectivity index (χ4n) is 3.76. The topological polar surface area (TPSA) is 120 Å². The molecule has 1 amide bonds. The van der Waals surface area contributed by atoms with E-state index in [2.05, 4.69) is 22.1 Å². The third-order valence-electron chi connectivity index (χ3n) is 5.49. The molecule has 0 saturated heterocycles. The lowest BCUT2D eigenvalue weighted by Gasteiger charge is -2.32. The van der Waals surface area contributed by atoms with Crippen LogP contribution in [0.3, 0.4) is 0 Å². The van der Waals surface area contributed by atoms with Crippen molar-refractivity contribution in [2.24, 2.45) is 5.73 Å². The van der Waals surface area contributed by atoms with E-state index in [-0.39, 0.29) is 5.56 Å². The lowest BCUT2D eigenvalue weighted by Crippen LogP contribution is -2.47. The summed E-state index contributed by atoms with van der Waals surface area (Å²) in [6.07, 6.45) is 2.84. The Bertz CT molecular complexity index is 1140. The van der Waals surface area contributed by atoms with Gasteiger partial charge in [0, 0.05) is 37.1 Å². The van der Waals surface area contributed by atoms with Crippen molar-refractivity contribution in [2.75, 3.05) is 17.2 Å². The standard InChI is InChI=1S/C22H24N6O2/c1-14-16(7-8-19(23)26-14)13-27(10-9-15-5-3-2-4-6-15)21-22(30)28-17(12-25-21)11-18(28)20(24)29/h2-8,12,18H,9-11,13H2,1H3,(H2,23,26)(H2,24,29)/t18-/m0/s1. The van der Waals surface area contributed by atoms with E-state index in [1.807, 2.05) is 36.1 Å². The lowest BCUT2D eigenvalue weighted by atomic mass is 10.0. The van der Waals surface area contributed by atoms with Crippen LogP contribution in [0, 0.1) is 6.92 Å². The molecule has 3 heterocycles. The third-order valence-corrected chi connectivity index (χ3v) is 5.49. The van der Waals surface area contributed by atoms with E-state index in [1.54, 1.807) is 12.3 Å². The second-order valence-corrected chi connectivity index (χ2v) is 7.51. The normalized spacial score (nSPS) is 14.6. The van der Waals surface area contributed by atoms with Crippen LogP contribution >= 0.6 is 0 Å². The van der Waals surface area contributed by atoms with Crippen molar-refractivity contribution in [2.45, 2.75) is 32.4 Å². The van der Waals surface area contributed by atoms with E-state index in [1.165, 1.54) is 4.57 Å². The highest BCUT2D eigenvalue weighted by Gasteiger charge is 2.33. The van der Waals surface area contributed by atoms with Gasteiger partial charge >= 0.3 is 0 Å². The van der Waals surface area contributed by atoms with Crippen molar-refractivity contribution >= 4 is 17.5 Å². The first kappa shape index (κ1) is 19.6. The molecule has 8 nitrogen and oxygen atoms in total. The van der Waals surface area contributed by atoms with Crippen LogP contribution in [0.1, 0.15) is 28.6 Å². The molecule has 0 spiro atoms. The monoisotopic (exact) mass is 404 g/mol. The molecular formula is C22H24N6O2. The molecule has 0 unspecified atom stereocenters. The minimum absolute atomic E-state index is 0.295. The Hall–Kier alpha value is -3.68. The lowest BCUT2D eigenvalue weighted by molar-refractivity contribution is -0.122. The van der Waals surface area contributed by atoms with Gasteiger partial charge in [-0.05, 0) is 30.5 Å². The number of pyridine rings is 1. The van der Waals surface area contributed by atoms with Crippen LogP contribution in [0.25, 0.3) is 0 Å². The summed E-state index contributed by atoms with van der Waals surface area (Å²) < 4.78 is 1.45. The first-order valence-corrected chi connectivity index (χ1v) is 9.84. The van der Waals surface area contributed by atoms with Gasteiger partial charge in [-0.1, -0.05) is 36.4 Å². The van der Waals surface area contributed by atoms with Crippen LogP contribution in [-0.2, 0) is 24.2 Å². The number of amides is 1. The molecule has 3 aromatic rings. The maximum Gasteiger partial charge on any atom is 0.294 e. The fraction of sp³-hybridized carbons (Fsp3) is 0.273. The predicted octanol–water partition coefficient (Wildman–Crippen LogP) is 1.36. The third kappa shape index (κ3) is 3.76. The Morgan fingerprint density at radius 3 is 2.70 bits per heavy atom. The second-order valence-electron chi connectivity index (χ2n) is 7.51. The highest BCUT2D eigenvalue weighted by Crippen LogP contribution is 2.25. The van der Waals surface area contributed by atoms with Gasteiger partial charge in [-0.3, -0.25) is 14.2 Å². The zero-order valence-corrected chi connectivity index (χ0v) is 16.8. The van der Waals surface area contributed by atoms with Crippen LogP contribution in [-0.4, -0.2) is 27.0 Å². The Balaban J connectivity index is 1.68. The molecular weight excluding hydrogens is 380 g/mol. The molecule has 30 heavy (non-hydrogen) atoms. The van der Waals surface area contributed by atoms with Crippen molar-refractivity contribution < 1.29 is 4.79 Å². The molecule has 1 atom stereocenters. The summed E-state index contributed by atoms with van der Waals surface area (Å²) in [4.78, 5) is 35.5. The molecule has 154 valence electrons. The summed E-state index contributed by atoms with van der Waals surface area (Å²) in [5.41, 5.74) is 14.6. The smallest absolute Gasteiger partial charge is 0.294 e. The predicted molar refractivity (Wildman–Crippen MR) is 115 cm³/mol. The number of carbonyl (C=O) groups is 1. The Morgan fingerprint density at radius 1 is 1.23 bits per heavy atom. The van der Waals surface area contributed by atoms with Gasteiger partial charge in [-0.15, -0.1) is 0 Å². The molecule has 0 aliphatic carbocycles. The Morgan fingerprint density at radius 2 is 2.00 bits per heavy atom. The number of nitrogens with two attached hydrogens (primary N) is 2. The molecule has 0 saturated carbocycles. The van der Waals surface area contributed by atoms with Crippen molar-refractivity contribution in [3.05, 3.63) is 81.5 Å². The van der Waals surface area contributed by atoms with Gasteiger partial charge in [0.15, 0.2) is 5.82 Å². The van der Waals surface area contributed by atoms with Gasteiger partial charge in [0.2, 0.25) is 5.91 Å². The molecule has 0 fully saturated rings. The number of aromatic nitrogens is 3. The van der Waals surface area contributed by atoms with E-state index in [0.29, 0.717) is 31.1 Å². The number of primary amides is 1. The van der Waals surface area contributed by atoms with E-state index in [0.717, 1.165) is 28.9 Å². The number of anilines is 2. The highest BCUT2D eigenvalue weighted by atomic mass is 16.2. The number of nitrogens with zero attached hydrogens (tertiary/aromatic N) is 4. The summed E-state index contributed by atoms with van der Waals surface area (Å²) in [5, 5.41) is 0. The highest BCUT2D eigenvalue weighted by molar-refractivity contribution is 5.80. The number of rotatable bonds is 7. The van der Waals surface area contributed by atoms with Gasteiger partial charge in [-0.25, -0.2) is 9.97 Å². The maximum atomic E-state index is 13.2. The maximum absolute atomic E-state index is 13.2. The molecule has 2 aromatic heterocycles. The first-order valence-electron chi connectivity index (χ1n) is 9.84. The van der Waals surface area contributed by atoms with Crippen LogP contribution < -0.4 is 21.9 Å². The SMILES string of the molecule is Cc1nc(N)ccc1CN(CCc1ccccc1)c1ncc2n(c1=O)[C@H](C(N)=O)C2. The number of aryl methyl sites for hydroxylation is 1. The summed E-state index contributed by atoms with van der Waals surface area (Å²) in [6.45, 7) is 2.92. The quantitative estimate of drug-likeness (QED) is 0.613. The summed E-state index contributed by atoms with van der Waals surface area (Å²) in [5.74, 6) is 0.253. The van der Waals surface area contributed by atoms with Crippen LogP contribution in [0.5, 0.6) is 0 Å². The molecule has 8 heteroatoms. The van der Waals surface area contributed by atoms with Crippen molar-refractivity contribution in [1.29, 1.82) is 0 Å². The average molecular weight is 404 g/mol. The van der Waals surface area contributed by atoms with Crippen molar-refractivity contribution in [3.63, 3.8) is 0 Å². The van der Waals surface area contributed by atoms with Crippen molar-refractivity contribution in [3.8, 4) is 0 Å². The minimum Gasteiger partial charge on any atom is -0.384 e. The summed E-state index contributed by atoms with van der Waals surface area (Å²) in [6, 6.07) is 13.1. The number of hydrogen-bond acceptors (Lipinski definition) is 6. The molecule has 0 bridgehead atoms. The number of benzene rings is 1. The van der Waals surface area contributed by atoms with Gasteiger partial charge in [-0.2, -0.15) is 0 Å². The number of hydrogen-bond donors (Lipinski definition) is 2. The zero-order chi connectivity index (χ0) is 21.3. The van der Waals surface area contributed by atoms with Gasteiger partial charge in [0.25, 0.3) is 5.56 Å². The first-order chi connectivity index (χ1) is 14.4. The average Bonchev–Trinajstić information content (AvgIpc) is 2.69. The molecule has 1 aromatic carbocycles. The number of fused-ring (bicyclic) bond motifs is 1. The molecule has 0 radical (unpaired) electrons. The van der Waals surface area contributed by atoms with E-state index in [4.69, 9.17) is 11.5 Å². The molecule has 1 aliphatic rings. The second kappa shape index (κ2) is 7.98.